The van der Waals surface area contributed by atoms with Crippen molar-refractivity contribution in [2.24, 2.45) is 0 Å². The maximum atomic E-state index is 12.2. The van der Waals surface area contributed by atoms with Crippen LogP contribution in [0.3, 0.4) is 0 Å². The Bertz CT molecular complexity index is 959. The van der Waals surface area contributed by atoms with E-state index in [-0.39, 0.29) is 30.3 Å². The smallest absolute Gasteiger partial charge is 0.339 e. The minimum atomic E-state index is -1.10. The van der Waals surface area contributed by atoms with Crippen LogP contribution in [-0.2, 0) is 16.1 Å². The first-order valence-corrected chi connectivity index (χ1v) is 8.58. The maximum Gasteiger partial charge on any atom is 0.339 e. The van der Waals surface area contributed by atoms with Crippen LogP contribution in [0.5, 0.6) is 17.2 Å². The molecule has 0 fully saturated rings. The summed E-state index contributed by atoms with van der Waals surface area (Å²) in [7, 11) is 1.28. The van der Waals surface area contributed by atoms with Crippen LogP contribution in [0.2, 0.25) is 0 Å². The molecule has 1 aliphatic rings. The van der Waals surface area contributed by atoms with E-state index in [0.29, 0.717) is 11.5 Å². The average Bonchev–Trinajstić information content (AvgIpc) is 3.19. The fourth-order valence-electron chi connectivity index (χ4n) is 2.63. The Morgan fingerprint density at radius 3 is 2.69 bits per heavy atom. The summed E-state index contributed by atoms with van der Waals surface area (Å²) in [5.41, 5.74) is 0.349. The van der Waals surface area contributed by atoms with E-state index in [1.165, 1.54) is 26.2 Å². The molecule has 0 bridgehead atoms. The van der Waals surface area contributed by atoms with E-state index < -0.39 is 22.9 Å². The van der Waals surface area contributed by atoms with Crippen LogP contribution in [0, 0.1) is 10.1 Å². The van der Waals surface area contributed by atoms with Gasteiger partial charge in [-0.1, -0.05) is 6.07 Å². The number of hydrogen-bond donors (Lipinski definition) is 1. The monoisotopic (exact) mass is 402 g/mol. The summed E-state index contributed by atoms with van der Waals surface area (Å²) in [4.78, 5) is 34.9. The minimum Gasteiger partial charge on any atom is -0.490 e. The Kier molecular flexibility index (Phi) is 5.82. The number of benzene rings is 2. The van der Waals surface area contributed by atoms with Gasteiger partial charge in [-0.2, -0.15) is 0 Å². The lowest BCUT2D eigenvalue weighted by molar-refractivity contribution is -0.385. The normalized spacial score (nSPS) is 12.8. The van der Waals surface area contributed by atoms with Crippen LogP contribution < -0.4 is 19.5 Å². The molecule has 0 spiro atoms. The third-order valence-corrected chi connectivity index (χ3v) is 4.17. The third-order valence-electron chi connectivity index (χ3n) is 4.17. The van der Waals surface area contributed by atoms with Crippen molar-refractivity contribution in [3.63, 3.8) is 0 Å². The van der Waals surface area contributed by atoms with E-state index in [1.54, 1.807) is 18.2 Å². The van der Waals surface area contributed by atoms with Gasteiger partial charge in [0.05, 0.1) is 17.6 Å². The second kappa shape index (κ2) is 8.46. The first-order chi connectivity index (χ1) is 13.9. The van der Waals surface area contributed by atoms with Crippen molar-refractivity contribution in [1.82, 2.24) is 5.32 Å². The molecule has 10 nitrogen and oxygen atoms in total. The lowest BCUT2D eigenvalue weighted by atomic mass is 10.2. The Morgan fingerprint density at radius 2 is 1.97 bits per heavy atom. The molecule has 0 aliphatic carbocycles. The molecule has 152 valence electrons. The molecular weight excluding hydrogens is 384 g/mol. The van der Waals surface area contributed by atoms with Crippen LogP contribution in [-0.4, -0.2) is 36.8 Å². The SMILES string of the molecule is COc1ccc(C(=O)O[C@H](C)C(=O)NCc2ccc3c(c2)OCO3)cc1[N+](=O)[O-]. The molecule has 2 aromatic rings. The molecule has 2 aromatic carbocycles. The van der Waals surface area contributed by atoms with Gasteiger partial charge in [0.15, 0.2) is 23.4 Å². The topological polar surface area (TPSA) is 126 Å². The lowest BCUT2D eigenvalue weighted by Gasteiger charge is -2.14. The number of hydrogen-bond acceptors (Lipinski definition) is 8. The van der Waals surface area contributed by atoms with E-state index in [9.17, 15) is 19.7 Å². The van der Waals surface area contributed by atoms with Crippen molar-refractivity contribution in [3.8, 4) is 17.2 Å². The average molecular weight is 402 g/mol. The van der Waals surface area contributed by atoms with Gasteiger partial charge in [-0.25, -0.2) is 4.79 Å². The molecule has 0 unspecified atom stereocenters. The van der Waals surface area contributed by atoms with Crippen LogP contribution in [0.25, 0.3) is 0 Å². The molecule has 0 saturated heterocycles. The molecule has 1 aliphatic heterocycles. The molecule has 10 heteroatoms. The van der Waals surface area contributed by atoms with Crippen LogP contribution in [0.4, 0.5) is 5.69 Å². The summed E-state index contributed by atoms with van der Waals surface area (Å²) < 4.78 is 20.5. The molecular formula is C19H18N2O8. The van der Waals surface area contributed by atoms with Crippen LogP contribution >= 0.6 is 0 Å². The number of rotatable bonds is 7. The van der Waals surface area contributed by atoms with Crippen molar-refractivity contribution in [3.05, 3.63) is 57.6 Å². The number of ether oxygens (including phenoxy) is 4. The maximum absolute atomic E-state index is 12.2. The van der Waals surface area contributed by atoms with Gasteiger partial charge in [0.25, 0.3) is 5.91 Å². The Hall–Kier alpha value is -3.82. The number of carbonyl (C=O) groups excluding carboxylic acids is 2. The first-order valence-electron chi connectivity index (χ1n) is 8.58. The van der Waals surface area contributed by atoms with Crippen molar-refractivity contribution in [1.29, 1.82) is 0 Å². The molecule has 0 saturated carbocycles. The van der Waals surface area contributed by atoms with Crippen molar-refractivity contribution in [2.75, 3.05) is 13.9 Å². The minimum absolute atomic E-state index is 0.0149. The third kappa shape index (κ3) is 4.54. The largest absolute Gasteiger partial charge is 0.490 e. The highest BCUT2D eigenvalue weighted by atomic mass is 16.7. The summed E-state index contributed by atoms with van der Waals surface area (Å²) in [5.74, 6) is -0.130. The van der Waals surface area contributed by atoms with Crippen LogP contribution in [0.1, 0.15) is 22.8 Å². The molecule has 29 heavy (non-hydrogen) atoms. The second-order valence-corrected chi connectivity index (χ2v) is 6.10. The Labute approximate surface area is 165 Å². The second-order valence-electron chi connectivity index (χ2n) is 6.10. The van der Waals surface area contributed by atoms with E-state index in [2.05, 4.69) is 5.32 Å². The van der Waals surface area contributed by atoms with Crippen LogP contribution in [0.15, 0.2) is 36.4 Å². The van der Waals surface area contributed by atoms with Gasteiger partial charge in [-0.3, -0.25) is 14.9 Å². The fraction of sp³-hybridized carbons (Fsp3) is 0.263. The summed E-state index contributed by atoms with van der Waals surface area (Å²) in [6.07, 6.45) is -1.10. The number of amides is 1. The Morgan fingerprint density at radius 1 is 1.21 bits per heavy atom. The van der Waals surface area contributed by atoms with E-state index >= 15 is 0 Å². The highest BCUT2D eigenvalue weighted by Gasteiger charge is 2.23. The zero-order valence-corrected chi connectivity index (χ0v) is 15.7. The molecule has 0 aromatic heterocycles. The fourth-order valence-corrected chi connectivity index (χ4v) is 2.63. The highest BCUT2D eigenvalue weighted by molar-refractivity contribution is 5.93. The standard InChI is InChI=1S/C19H18N2O8/c1-11(18(22)20-9-12-3-5-16-17(7-12)28-10-27-16)29-19(23)13-4-6-15(26-2)14(8-13)21(24)25/h3-8,11H,9-10H2,1-2H3,(H,20,22)/t11-/m1/s1. The zero-order chi connectivity index (χ0) is 21.0. The highest BCUT2D eigenvalue weighted by Crippen LogP contribution is 2.32. The van der Waals surface area contributed by atoms with Gasteiger partial charge in [0.2, 0.25) is 6.79 Å². The van der Waals surface area contributed by atoms with Gasteiger partial charge in [-0.15, -0.1) is 0 Å². The zero-order valence-electron chi connectivity index (χ0n) is 15.7. The first kappa shape index (κ1) is 19.9. The number of methoxy groups -OCH3 is 1. The number of carbonyl (C=O) groups is 2. The number of nitro benzene ring substituents is 1. The summed E-state index contributed by atoms with van der Waals surface area (Å²) in [6.45, 7) is 1.76. The Balaban J connectivity index is 1.58. The molecule has 0 radical (unpaired) electrons. The lowest BCUT2D eigenvalue weighted by Crippen LogP contribution is -2.35. The van der Waals surface area contributed by atoms with Gasteiger partial charge in [0, 0.05) is 12.6 Å². The van der Waals surface area contributed by atoms with E-state index in [1.807, 2.05) is 0 Å². The molecule has 1 N–H and O–H groups in total. The van der Waals surface area contributed by atoms with E-state index in [4.69, 9.17) is 18.9 Å². The molecule has 1 atom stereocenters. The van der Waals surface area contributed by atoms with Crippen molar-refractivity contribution in [2.45, 2.75) is 19.6 Å². The van der Waals surface area contributed by atoms with Crippen molar-refractivity contribution < 1.29 is 33.5 Å². The van der Waals surface area contributed by atoms with Gasteiger partial charge < -0.3 is 24.3 Å². The summed E-state index contributed by atoms with van der Waals surface area (Å²) in [5, 5.41) is 13.7. The quantitative estimate of drug-likeness (QED) is 0.424. The van der Waals surface area contributed by atoms with Gasteiger partial charge >= 0.3 is 11.7 Å². The molecule has 1 heterocycles. The summed E-state index contributed by atoms with van der Waals surface area (Å²) >= 11 is 0. The van der Waals surface area contributed by atoms with Gasteiger partial charge in [0.1, 0.15) is 0 Å². The number of nitrogens with one attached hydrogen (secondary N) is 1. The number of nitrogens with zero attached hydrogens (tertiary/aromatic N) is 1. The molecule has 3 rings (SSSR count). The van der Waals surface area contributed by atoms with Gasteiger partial charge in [-0.05, 0) is 36.8 Å². The number of esters is 1. The number of fused-ring (bicyclic) bond motifs is 1. The van der Waals surface area contributed by atoms with E-state index in [0.717, 1.165) is 11.6 Å². The van der Waals surface area contributed by atoms with Crippen molar-refractivity contribution >= 4 is 17.6 Å². The molecule has 1 amide bonds. The number of nitro groups is 1. The summed E-state index contributed by atoms with van der Waals surface area (Å²) in [6, 6.07) is 8.92. The predicted octanol–water partition coefficient (Wildman–Crippen LogP) is 2.19. The predicted molar refractivity (Wildman–Crippen MR) is 98.9 cm³/mol.